The lowest BCUT2D eigenvalue weighted by Crippen LogP contribution is -2.11. The van der Waals surface area contributed by atoms with Crippen LogP contribution in [0.1, 0.15) is 25.7 Å². The predicted molar refractivity (Wildman–Crippen MR) is 77.9 cm³/mol. The summed E-state index contributed by atoms with van der Waals surface area (Å²) in [6.45, 7) is 1.69. The van der Waals surface area contributed by atoms with E-state index in [2.05, 4.69) is 24.6 Å². The maximum atomic E-state index is 12.0. The smallest absolute Gasteiger partial charge is 0.337 e. The summed E-state index contributed by atoms with van der Waals surface area (Å²) in [6, 6.07) is 4.71. The Bertz CT molecular complexity index is 870. The van der Waals surface area contributed by atoms with Crippen LogP contribution in [0.2, 0.25) is 0 Å². The number of amides is 1. The summed E-state index contributed by atoms with van der Waals surface area (Å²) in [7, 11) is 1.30. The number of nitrogens with zero attached hydrogens (tertiary/aromatic N) is 3. The van der Waals surface area contributed by atoms with E-state index in [1.54, 1.807) is 19.1 Å². The number of anilines is 1. The molecule has 0 saturated carbocycles. The second-order valence-electron chi connectivity index (χ2n) is 4.33. The Labute approximate surface area is 128 Å². The number of fused-ring (bicyclic) bond motifs is 1. The molecule has 3 rings (SSSR count). The Hall–Kier alpha value is -2.81. The molecule has 112 valence electrons. The van der Waals surface area contributed by atoms with Crippen LogP contribution in [0.25, 0.3) is 11.1 Å². The quantitative estimate of drug-likeness (QED) is 0.736. The van der Waals surface area contributed by atoms with Crippen LogP contribution in [-0.2, 0) is 4.74 Å². The van der Waals surface area contributed by atoms with Gasteiger partial charge in [-0.1, -0.05) is 4.49 Å². The highest BCUT2D eigenvalue weighted by atomic mass is 32.1. The molecule has 1 N–H and O–H groups in total. The number of esters is 1. The molecule has 0 unspecified atom stereocenters. The van der Waals surface area contributed by atoms with Gasteiger partial charge in [0.1, 0.15) is 10.4 Å². The van der Waals surface area contributed by atoms with Crippen molar-refractivity contribution in [2.75, 3.05) is 12.4 Å². The SMILES string of the molecule is COC(=O)c1ccc2oc(NC(=O)c3snnc3C)nc2c1. The first kappa shape index (κ1) is 14.1. The number of carbonyl (C=O) groups excluding carboxylic acids is 2. The fourth-order valence-electron chi connectivity index (χ4n) is 1.82. The van der Waals surface area contributed by atoms with Crippen molar-refractivity contribution in [3.63, 3.8) is 0 Å². The molecule has 1 aromatic carbocycles. The summed E-state index contributed by atoms with van der Waals surface area (Å²) in [5.74, 6) is -0.867. The van der Waals surface area contributed by atoms with E-state index in [1.165, 1.54) is 13.2 Å². The molecule has 22 heavy (non-hydrogen) atoms. The average molecular weight is 318 g/mol. The molecule has 0 atom stereocenters. The van der Waals surface area contributed by atoms with Gasteiger partial charge >= 0.3 is 12.0 Å². The van der Waals surface area contributed by atoms with Crippen molar-refractivity contribution in [3.8, 4) is 0 Å². The first-order chi connectivity index (χ1) is 10.6. The molecule has 0 aliphatic carbocycles. The highest BCUT2D eigenvalue weighted by molar-refractivity contribution is 7.08. The highest BCUT2D eigenvalue weighted by Gasteiger charge is 2.17. The second kappa shape index (κ2) is 5.53. The van der Waals surface area contributed by atoms with Crippen molar-refractivity contribution in [1.82, 2.24) is 14.6 Å². The lowest BCUT2D eigenvalue weighted by Gasteiger charge is -1.96. The maximum Gasteiger partial charge on any atom is 0.337 e. The van der Waals surface area contributed by atoms with Crippen LogP contribution in [0.4, 0.5) is 6.01 Å². The highest BCUT2D eigenvalue weighted by Crippen LogP contribution is 2.21. The zero-order chi connectivity index (χ0) is 15.7. The number of oxazole rings is 1. The van der Waals surface area contributed by atoms with E-state index >= 15 is 0 Å². The number of methoxy groups -OCH3 is 1. The van der Waals surface area contributed by atoms with E-state index in [-0.39, 0.29) is 6.01 Å². The van der Waals surface area contributed by atoms with E-state index in [0.29, 0.717) is 27.2 Å². The van der Waals surface area contributed by atoms with E-state index in [9.17, 15) is 9.59 Å². The molecule has 8 nitrogen and oxygen atoms in total. The van der Waals surface area contributed by atoms with Gasteiger partial charge in [-0.15, -0.1) is 5.10 Å². The van der Waals surface area contributed by atoms with Crippen molar-refractivity contribution in [3.05, 3.63) is 34.3 Å². The molecular formula is C13H10N4O4S. The Kier molecular flexibility index (Phi) is 3.55. The normalized spacial score (nSPS) is 10.6. The molecule has 9 heteroatoms. The number of benzene rings is 1. The number of ether oxygens (including phenoxy) is 1. The van der Waals surface area contributed by atoms with Crippen LogP contribution in [0.5, 0.6) is 0 Å². The minimum atomic E-state index is -0.471. The molecule has 0 spiro atoms. The molecule has 0 aliphatic rings. The Balaban J connectivity index is 1.87. The molecule has 0 saturated heterocycles. The van der Waals surface area contributed by atoms with Crippen LogP contribution in [0, 0.1) is 6.92 Å². The van der Waals surface area contributed by atoms with E-state index < -0.39 is 11.9 Å². The molecule has 0 fully saturated rings. The van der Waals surface area contributed by atoms with E-state index in [1.807, 2.05) is 0 Å². The van der Waals surface area contributed by atoms with Gasteiger partial charge in [-0.2, -0.15) is 4.98 Å². The minimum absolute atomic E-state index is 0.0369. The number of aryl methyl sites for hydroxylation is 1. The first-order valence-corrected chi connectivity index (χ1v) is 6.95. The molecule has 2 heterocycles. The molecule has 0 bridgehead atoms. The van der Waals surface area contributed by atoms with Crippen molar-refractivity contribution < 1.29 is 18.7 Å². The summed E-state index contributed by atoms with van der Waals surface area (Å²) in [6.07, 6.45) is 0. The van der Waals surface area contributed by atoms with Gasteiger partial charge < -0.3 is 9.15 Å². The number of carbonyl (C=O) groups is 2. The molecule has 3 aromatic rings. The Morgan fingerprint density at radius 1 is 1.36 bits per heavy atom. The van der Waals surface area contributed by atoms with Gasteiger partial charge in [0, 0.05) is 0 Å². The number of hydrogen-bond acceptors (Lipinski definition) is 8. The lowest BCUT2D eigenvalue weighted by atomic mass is 10.2. The summed E-state index contributed by atoms with van der Waals surface area (Å²) in [5.41, 5.74) is 1.77. The largest absolute Gasteiger partial charge is 0.465 e. The molecule has 0 aliphatic heterocycles. The predicted octanol–water partition coefficient (Wildman–Crippen LogP) is 2.03. The van der Waals surface area contributed by atoms with Gasteiger partial charge in [0.2, 0.25) is 0 Å². The Morgan fingerprint density at radius 2 is 2.18 bits per heavy atom. The van der Waals surface area contributed by atoms with Crippen molar-refractivity contribution in [1.29, 1.82) is 0 Å². The number of hydrogen-bond donors (Lipinski definition) is 1. The van der Waals surface area contributed by atoms with Gasteiger partial charge in [0.25, 0.3) is 5.91 Å². The third-order valence-corrected chi connectivity index (χ3v) is 3.71. The number of aromatic nitrogens is 3. The van der Waals surface area contributed by atoms with Crippen LogP contribution in [-0.4, -0.2) is 33.6 Å². The average Bonchev–Trinajstić information content (AvgIpc) is 3.10. The van der Waals surface area contributed by atoms with Crippen LogP contribution in [0.15, 0.2) is 22.6 Å². The van der Waals surface area contributed by atoms with Crippen molar-refractivity contribution in [2.24, 2.45) is 0 Å². The van der Waals surface area contributed by atoms with E-state index in [4.69, 9.17) is 4.42 Å². The monoisotopic (exact) mass is 318 g/mol. The van der Waals surface area contributed by atoms with Crippen LogP contribution < -0.4 is 5.32 Å². The Morgan fingerprint density at radius 3 is 2.86 bits per heavy atom. The molecule has 2 aromatic heterocycles. The van der Waals surface area contributed by atoms with E-state index in [0.717, 1.165) is 11.5 Å². The molecule has 0 radical (unpaired) electrons. The minimum Gasteiger partial charge on any atom is -0.465 e. The fourth-order valence-corrected chi connectivity index (χ4v) is 2.37. The van der Waals surface area contributed by atoms with Crippen molar-refractivity contribution in [2.45, 2.75) is 6.92 Å². The zero-order valence-corrected chi connectivity index (χ0v) is 12.4. The van der Waals surface area contributed by atoms with Crippen molar-refractivity contribution >= 4 is 40.5 Å². The summed E-state index contributed by atoms with van der Waals surface area (Å²) in [5, 5.41) is 6.30. The van der Waals surface area contributed by atoms with Gasteiger partial charge in [0.05, 0.1) is 18.4 Å². The van der Waals surface area contributed by atoms with Gasteiger partial charge in [-0.05, 0) is 36.7 Å². The van der Waals surface area contributed by atoms with Crippen LogP contribution >= 0.6 is 11.5 Å². The maximum absolute atomic E-state index is 12.0. The third kappa shape index (κ3) is 2.53. The summed E-state index contributed by atoms with van der Waals surface area (Å²) < 4.78 is 13.7. The van der Waals surface area contributed by atoms with Gasteiger partial charge in [-0.3, -0.25) is 10.1 Å². The van der Waals surface area contributed by atoms with Gasteiger partial charge in [-0.25, -0.2) is 4.79 Å². The number of rotatable bonds is 3. The topological polar surface area (TPSA) is 107 Å². The standard InChI is InChI=1S/C13H10N4O4S/c1-6-10(22-17-16-6)11(18)15-13-14-8-5-7(12(19)20-2)3-4-9(8)21-13/h3-5H,1-2H3,(H,14,15,18). The van der Waals surface area contributed by atoms with Gasteiger partial charge in [0.15, 0.2) is 5.58 Å². The zero-order valence-electron chi connectivity index (χ0n) is 11.6. The third-order valence-electron chi connectivity index (χ3n) is 2.89. The summed E-state index contributed by atoms with van der Waals surface area (Å²) >= 11 is 0.989. The first-order valence-electron chi connectivity index (χ1n) is 6.17. The lowest BCUT2D eigenvalue weighted by molar-refractivity contribution is 0.0600. The molecule has 1 amide bonds. The van der Waals surface area contributed by atoms with Crippen LogP contribution in [0.3, 0.4) is 0 Å². The molecular weight excluding hydrogens is 308 g/mol. The second-order valence-corrected chi connectivity index (χ2v) is 5.09. The summed E-state index contributed by atoms with van der Waals surface area (Å²) in [4.78, 5) is 28.0. The fraction of sp³-hybridized carbons (Fsp3) is 0.154. The number of nitrogens with one attached hydrogen (secondary N) is 1.